The molecule has 0 radical (unpaired) electrons. The molecule has 4 heterocycles. The second-order valence-corrected chi connectivity index (χ2v) is 8.09. The predicted octanol–water partition coefficient (Wildman–Crippen LogP) is 4.33. The van der Waals surface area contributed by atoms with Gasteiger partial charge in [0.1, 0.15) is 22.4 Å². The first-order chi connectivity index (χ1) is 15.9. The zero-order chi connectivity index (χ0) is 23.3. The molecular formula is C21H15ClF4N6O. The van der Waals surface area contributed by atoms with Crippen LogP contribution in [0.2, 0.25) is 5.02 Å². The Labute approximate surface area is 189 Å². The van der Waals surface area contributed by atoms with E-state index >= 15 is 0 Å². The lowest BCUT2D eigenvalue weighted by atomic mass is 10.1. The molecule has 5 rings (SSSR count). The number of benzene rings is 1. The zero-order valence-electron chi connectivity index (χ0n) is 16.7. The van der Waals surface area contributed by atoms with E-state index in [1.54, 1.807) is 0 Å². The first-order valence-electron chi connectivity index (χ1n) is 9.95. The van der Waals surface area contributed by atoms with Crippen LogP contribution in [0.3, 0.4) is 0 Å². The van der Waals surface area contributed by atoms with Crippen LogP contribution < -0.4 is 20.3 Å². The molecule has 2 atom stereocenters. The van der Waals surface area contributed by atoms with Crippen molar-refractivity contribution in [1.82, 2.24) is 15.3 Å². The zero-order valence-corrected chi connectivity index (χ0v) is 17.5. The minimum Gasteiger partial charge on any atom is -0.433 e. The molecule has 1 aromatic carbocycles. The Bertz CT molecular complexity index is 1300. The van der Waals surface area contributed by atoms with Crippen LogP contribution in [0.5, 0.6) is 5.75 Å². The number of hydrogen-bond donors (Lipinski definition) is 2. The number of fused-ring (bicyclic) bond motifs is 3. The highest BCUT2D eigenvalue weighted by Gasteiger charge is 2.39. The number of halogens is 5. The number of nitriles is 1. The first kappa shape index (κ1) is 21.5. The molecule has 2 bridgehead atoms. The highest BCUT2D eigenvalue weighted by Crippen LogP contribution is 2.38. The highest BCUT2D eigenvalue weighted by atomic mass is 35.5. The fourth-order valence-electron chi connectivity index (χ4n) is 4.26. The third-order valence-electron chi connectivity index (χ3n) is 5.75. The standard InChI is InChI=1S/C21H15ClF4N6O/c22-16-15(33-21(25)26)2-1-13(17(16)24)30-18-9(5-27)6-29-14-4-12(23)20(31-19(14)18)32-8-10-3-11(32)7-28-10/h1-2,4,6,10-11,21,28H,3,7-8H2,(H,29,30)/t10-,11-/m0/s1. The number of aromatic nitrogens is 2. The van der Waals surface area contributed by atoms with Crippen LogP contribution in [0, 0.1) is 23.0 Å². The minimum absolute atomic E-state index is 0.0283. The molecule has 2 aliphatic heterocycles. The van der Waals surface area contributed by atoms with E-state index in [0.717, 1.165) is 18.6 Å². The number of pyridine rings is 2. The maximum atomic E-state index is 14.9. The number of hydrogen-bond acceptors (Lipinski definition) is 7. The summed E-state index contributed by atoms with van der Waals surface area (Å²) in [5, 5.41) is 15.0. The molecule has 12 heteroatoms. The number of nitrogens with zero attached hydrogens (tertiary/aromatic N) is 4. The summed E-state index contributed by atoms with van der Waals surface area (Å²) in [7, 11) is 0. The largest absolute Gasteiger partial charge is 0.433 e. The molecule has 0 saturated carbocycles. The monoisotopic (exact) mass is 478 g/mol. The second-order valence-electron chi connectivity index (χ2n) is 7.71. The van der Waals surface area contributed by atoms with Gasteiger partial charge < -0.3 is 20.3 Å². The lowest BCUT2D eigenvalue weighted by Gasteiger charge is -2.29. The van der Waals surface area contributed by atoms with Crippen molar-refractivity contribution in [2.75, 3.05) is 23.3 Å². The van der Waals surface area contributed by atoms with E-state index in [1.807, 2.05) is 11.0 Å². The van der Waals surface area contributed by atoms with Gasteiger partial charge >= 0.3 is 6.61 Å². The maximum absolute atomic E-state index is 14.9. The molecule has 7 nitrogen and oxygen atoms in total. The van der Waals surface area contributed by atoms with E-state index < -0.39 is 29.0 Å². The molecule has 0 spiro atoms. The van der Waals surface area contributed by atoms with Crippen LogP contribution in [0.4, 0.5) is 34.8 Å². The summed E-state index contributed by atoms with van der Waals surface area (Å²) in [6, 6.07) is 5.72. The average molecular weight is 479 g/mol. The van der Waals surface area contributed by atoms with Crippen molar-refractivity contribution >= 4 is 39.8 Å². The molecule has 33 heavy (non-hydrogen) atoms. The van der Waals surface area contributed by atoms with Crippen molar-refractivity contribution in [2.24, 2.45) is 0 Å². The summed E-state index contributed by atoms with van der Waals surface area (Å²) in [4.78, 5) is 10.4. The lowest BCUT2D eigenvalue weighted by molar-refractivity contribution is -0.0499. The topological polar surface area (TPSA) is 86.1 Å². The molecule has 2 fully saturated rings. The van der Waals surface area contributed by atoms with Crippen molar-refractivity contribution in [3.63, 3.8) is 0 Å². The number of ether oxygens (including phenoxy) is 1. The molecule has 170 valence electrons. The summed E-state index contributed by atoms with van der Waals surface area (Å²) in [5.74, 6) is -2.03. The first-order valence-corrected chi connectivity index (χ1v) is 10.3. The fraction of sp³-hybridized carbons (Fsp3) is 0.286. The molecule has 0 amide bonds. The number of nitrogens with one attached hydrogen (secondary N) is 2. The van der Waals surface area contributed by atoms with Crippen molar-refractivity contribution in [1.29, 1.82) is 5.26 Å². The second kappa shape index (κ2) is 8.20. The van der Waals surface area contributed by atoms with Crippen LogP contribution in [-0.4, -0.2) is 41.8 Å². The van der Waals surface area contributed by atoms with Crippen LogP contribution in [-0.2, 0) is 0 Å². The van der Waals surface area contributed by atoms with Gasteiger partial charge in [-0.3, -0.25) is 4.98 Å². The number of rotatable bonds is 5. The lowest BCUT2D eigenvalue weighted by Crippen LogP contribution is -2.44. The number of alkyl halides is 2. The Balaban J connectivity index is 1.59. The van der Waals surface area contributed by atoms with E-state index in [0.29, 0.717) is 13.1 Å². The molecule has 3 aromatic rings. The Hall–Kier alpha value is -3.36. The van der Waals surface area contributed by atoms with Crippen molar-refractivity contribution in [3.05, 3.63) is 46.6 Å². The van der Waals surface area contributed by atoms with Crippen LogP contribution in [0.1, 0.15) is 12.0 Å². The van der Waals surface area contributed by atoms with Gasteiger partial charge in [0.25, 0.3) is 0 Å². The Kier molecular flexibility index (Phi) is 5.34. The van der Waals surface area contributed by atoms with Gasteiger partial charge in [0.05, 0.1) is 22.5 Å². The third-order valence-corrected chi connectivity index (χ3v) is 6.10. The quantitative estimate of drug-likeness (QED) is 0.528. The van der Waals surface area contributed by atoms with E-state index in [4.69, 9.17) is 11.6 Å². The summed E-state index contributed by atoms with van der Waals surface area (Å²) in [6.07, 6.45) is 2.08. The molecule has 2 saturated heterocycles. The van der Waals surface area contributed by atoms with Crippen LogP contribution in [0.15, 0.2) is 24.4 Å². The van der Waals surface area contributed by atoms with Gasteiger partial charge in [-0.1, -0.05) is 11.6 Å². The SMILES string of the molecule is N#Cc1cnc2cc(F)c(N3C[C@@H]4C[C@H]3CN4)nc2c1Nc1ccc(OC(F)F)c(Cl)c1F. The normalized spacial score (nSPS) is 19.4. The Morgan fingerprint density at radius 3 is 2.82 bits per heavy atom. The van der Waals surface area contributed by atoms with Crippen LogP contribution in [0.25, 0.3) is 11.0 Å². The third kappa shape index (κ3) is 3.75. The molecule has 2 aliphatic rings. The van der Waals surface area contributed by atoms with Gasteiger partial charge in [-0.2, -0.15) is 14.0 Å². The van der Waals surface area contributed by atoms with E-state index in [-0.39, 0.29) is 45.9 Å². The fourth-order valence-corrected chi connectivity index (χ4v) is 4.47. The van der Waals surface area contributed by atoms with Crippen LogP contribution >= 0.6 is 11.6 Å². The van der Waals surface area contributed by atoms with Gasteiger partial charge in [-0.25, -0.2) is 13.8 Å². The van der Waals surface area contributed by atoms with Gasteiger partial charge in [-0.05, 0) is 18.6 Å². The van der Waals surface area contributed by atoms with Crippen molar-refractivity contribution in [3.8, 4) is 11.8 Å². The summed E-state index contributed by atoms with van der Waals surface area (Å²) in [5.41, 5.74) is 0.223. The average Bonchev–Trinajstić information content (AvgIpc) is 3.42. The smallest absolute Gasteiger partial charge is 0.387 e. The predicted molar refractivity (Wildman–Crippen MR) is 113 cm³/mol. The van der Waals surface area contributed by atoms with Gasteiger partial charge in [-0.15, -0.1) is 0 Å². The highest BCUT2D eigenvalue weighted by molar-refractivity contribution is 6.32. The Morgan fingerprint density at radius 2 is 2.15 bits per heavy atom. The van der Waals surface area contributed by atoms with Crippen molar-refractivity contribution < 1.29 is 22.3 Å². The van der Waals surface area contributed by atoms with Gasteiger partial charge in [0.15, 0.2) is 17.5 Å². The van der Waals surface area contributed by atoms with Crippen molar-refractivity contribution in [2.45, 2.75) is 25.1 Å². The maximum Gasteiger partial charge on any atom is 0.387 e. The minimum atomic E-state index is -3.18. The van der Waals surface area contributed by atoms with Gasteiger partial charge in [0.2, 0.25) is 0 Å². The molecule has 2 aromatic heterocycles. The summed E-state index contributed by atoms with van der Waals surface area (Å²) in [6.45, 7) is -1.88. The van der Waals surface area contributed by atoms with E-state index in [1.165, 1.54) is 12.3 Å². The van der Waals surface area contributed by atoms with E-state index in [9.17, 15) is 22.8 Å². The Morgan fingerprint density at radius 1 is 1.33 bits per heavy atom. The molecular weight excluding hydrogens is 464 g/mol. The van der Waals surface area contributed by atoms with Gasteiger partial charge in [0, 0.05) is 37.4 Å². The summed E-state index contributed by atoms with van der Waals surface area (Å²) >= 11 is 5.84. The summed E-state index contributed by atoms with van der Waals surface area (Å²) < 4.78 is 58.9. The molecule has 2 N–H and O–H groups in total. The number of anilines is 3. The molecule has 0 aliphatic carbocycles. The molecule has 0 unspecified atom stereocenters. The van der Waals surface area contributed by atoms with E-state index in [2.05, 4.69) is 25.3 Å². The number of piperazine rings is 1.